The standard InChI is InChI=1S/C16H11Cl2F2N3S2/c17-10-1-2-12(19)9(3-10)6-21-14-5-13(20)15(4-11(14)18)25-23-16-7-24-8-22-16/h1-5,7-8,21,23H,6H2. The van der Waals surface area contributed by atoms with Crippen molar-refractivity contribution in [2.45, 2.75) is 11.4 Å². The maximum absolute atomic E-state index is 14.3. The van der Waals surface area contributed by atoms with Gasteiger partial charge in [-0.1, -0.05) is 23.2 Å². The average molecular weight is 418 g/mol. The summed E-state index contributed by atoms with van der Waals surface area (Å²) in [5.41, 5.74) is 2.41. The number of aromatic nitrogens is 1. The molecule has 0 aliphatic heterocycles. The molecule has 2 aromatic carbocycles. The molecular formula is C16H11Cl2F2N3S2. The molecule has 0 aliphatic carbocycles. The molecule has 0 unspecified atom stereocenters. The van der Waals surface area contributed by atoms with Crippen LogP contribution in [0, 0.1) is 11.6 Å². The lowest BCUT2D eigenvalue weighted by atomic mass is 10.2. The zero-order valence-electron chi connectivity index (χ0n) is 12.5. The van der Waals surface area contributed by atoms with Crippen LogP contribution in [0.2, 0.25) is 10.0 Å². The summed E-state index contributed by atoms with van der Waals surface area (Å²) in [6, 6.07) is 7.03. The summed E-state index contributed by atoms with van der Waals surface area (Å²) in [5.74, 6) is -0.205. The molecule has 3 nitrogen and oxygen atoms in total. The van der Waals surface area contributed by atoms with Crippen LogP contribution in [0.25, 0.3) is 0 Å². The Morgan fingerprint density at radius 3 is 2.72 bits per heavy atom. The monoisotopic (exact) mass is 417 g/mol. The first kappa shape index (κ1) is 18.3. The molecule has 0 saturated heterocycles. The van der Waals surface area contributed by atoms with Gasteiger partial charge in [0.1, 0.15) is 17.5 Å². The first-order valence-corrected chi connectivity index (χ1v) is 9.52. The maximum atomic E-state index is 14.3. The summed E-state index contributed by atoms with van der Waals surface area (Å²) < 4.78 is 30.9. The quantitative estimate of drug-likeness (QED) is 0.451. The molecule has 2 N–H and O–H groups in total. The number of benzene rings is 2. The maximum Gasteiger partial charge on any atom is 0.147 e. The number of thiazole rings is 1. The number of rotatable bonds is 6. The molecule has 9 heteroatoms. The van der Waals surface area contributed by atoms with E-state index in [-0.39, 0.29) is 6.54 Å². The van der Waals surface area contributed by atoms with Gasteiger partial charge >= 0.3 is 0 Å². The van der Waals surface area contributed by atoms with Crippen LogP contribution in [0.5, 0.6) is 0 Å². The molecule has 3 aromatic rings. The van der Waals surface area contributed by atoms with E-state index >= 15 is 0 Å². The van der Waals surface area contributed by atoms with Gasteiger partial charge in [-0.05, 0) is 42.3 Å². The van der Waals surface area contributed by atoms with Crippen LogP contribution in [0.1, 0.15) is 5.56 Å². The molecule has 0 atom stereocenters. The highest BCUT2D eigenvalue weighted by Crippen LogP contribution is 2.32. The second kappa shape index (κ2) is 8.23. The van der Waals surface area contributed by atoms with Crippen LogP contribution in [0.15, 0.2) is 46.1 Å². The topological polar surface area (TPSA) is 37.0 Å². The van der Waals surface area contributed by atoms with E-state index in [2.05, 4.69) is 15.0 Å². The lowest BCUT2D eigenvalue weighted by molar-refractivity contribution is 0.602. The predicted octanol–water partition coefficient (Wildman–Crippen LogP) is 6.46. The highest BCUT2D eigenvalue weighted by Gasteiger charge is 2.11. The smallest absolute Gasteiger partial charge is 0.147 e. The fraction of sp³-hybridized carbons (Fsp3) is 0.0625. The van der Waals surface area contributed by atoms with Crippen LogP contribution in [0.3, 0.4) is 0 Å². The minimum atomic E-state index is -0.453. The molecule has 0 fully saturated rings. The number of halogens is 4. The minimum Gasteiger partial charge on any atom is -0.380 e. The third-order valence-corrected chi connectivity index (χ3v) is 5.17. The van der Waals surface area contributed by atoms with Crippen molar-refractivity contribution < 1.29 is 8.78 Å². The van der Waals surface area contributed by atoms with Gasteiger partial charge in [-0.25, -0.2) is 13.8 Å². The van der Waals surface area contributed by atoms with Crippen molar-refractivity contribution in [3.8, 4) is 0 Å². The highest BCUT2D eigenvalue weighted by molar-refractivity contribution is 8.00. The van der Waals surface area contributed by atoms with Crippen LogP contribution < -0.4 is 10.0 Å². The van der Waals surface area contributed by atoms with Gasteiger partial charge in [-0.3, -0.25) is 0 Å². The zero-order chi connectivity index (χ0) is 17.8. The lowest BCUT2D eigenvalue weighted by Gasteiger charge is -2.12. The van der Waals surface area contributed by atoms with Crippen molar-refractivity contribution in [3.05, 3.63) is 68.5 Å². The van der Waals surface area contributed by atoms with Crippen molar-refractivity contribution in [3.63, 3.8) is 0 Å². The van der Waals surface area contributed by atoms with Gasteiger partial charge in [0.2, 0.25) is 0 Å². The minimum absolute atomic E-state index is 0.134. The second-order valence-corrected chi connectivity index (χ2v) is 7.34. The Labute approximate surface area is 161 Å². The number of hydrogen-bond acceptors (Lipinski definition) is 5. The SMILES string of the molecule is Fc1ccc(Cl)cc1CNc1cc(F)c(SNc2cscn2)cc1Cl. The molecule has 130 valence electrons. The Kier molecular flexibility index (Phi) is 6.01. The van der Waals surface area contributed by atoms with Crippen molar-refractivity contribution in [2.24, 2.45) is 0 Å². The molecule has 0 bridgehead atoms. The van der Waals surface area contributed by atoms with E-state index in [1.54, 1.807) is 5.51 Å². The summed E-state index contributed by atoms with van der Waals surface area (Å²) in [4.78, 5) is 4.38. The molecule has 25 heavy (non-hydrogen) atoms. The van der Waals surface area contributed by atoms with E-state index in [0.717, 1.165) is 11.9 Å². The average Bonchev–Trinajstić information content (AvgIpc) is 3.10. The predicted molar refractivity (Wildman–Crippen MR) is 102 cm³/mol. The fourth-order valence-corrected chi connectivity index (χ4v) is 3.69. The fourth-order valence-electron chi connectivity index (χ4n) is 1.98. The third kappa shape index (κ3) is 4.76. The summed E-state index contributed by atoms with van der Waals surface area (Å²) in [5, 5.41) is 5.48. The summed E-state index contributed by atoms with van der Waals surface area (Å²) >= 11 is 14.6. The van der Waals surface area contributed by atoms with Gasteiger partial charge in [0.15, 0.2) is 0 Å². The van der Waals surface area contributed by atoms with Gasteiger partial charge in [-0.2, -0.15) is 0 Å². The molecule has 3 rings (SSSR count). The molecule has 1 heterocycles. The highest BCUT2D eigenvalue weighted by atomic mass is 35.5. The van der Waals surface area contributed by atoms with Gasteiger partial charge in [0, 0.05) is 22.5 Å². The second-order valence-electron chi connectivity index (χ2n) is 4.93. The molecule has 0 amide bonds. The Hall–Kier alpha value is -1.54. The molecular weight excluding hydrogens is 407 g/mol. The Bertz CT molecular complexity index is 876. The number of anilines is 2. The lowest BCUT2D eigenvalue weighted by Crippen LogP contribution is -2.03. The van der Waals surface area contributed by atoms with Gasteiger partial charge < -0.3 is 10.0 Å². The van der Waals surface area contributed by atoms with Gasteiger partial charge in [0.25, 0.3) is 0 Å². The molecule has 0 radical (unpaired) electrons. The summed E-state index contributed by atoms with van der Waals surface area (Å²) in [6.45, 7) is 0.134. The number of hydrogen-bond donors (Lipinski definition) is 2. The van der Waals surface area contributed by atoms with E-state index in [1.807, 2.05) is 5.38 Å². The van der Waals surface area contributed by atoms with E-state index in [4.69, 9.17) is 23.2 Å². The summed E-state index contributed by atoms with van der Waals surface area (Å²) in [7, 11) is 0. The van der Waals surface area contributed by atoms with Crippen molar-refractivity contribution in [1.29, 1.82) is 0 Å². The Balaban J connectivity index is 1.70. The third-order valence-electron chi connectivity index (χ3n) is 3.20. The molecule has 0 saturated carbocycles. The van der Waals surface area contributed by atoms with E-state index in [9.17, 15) is 8.78 Å². The van der Waals surface area contributed by atoms with Crippen LogP contribution in [-0.4, -0.2) is 4.98 Å². The Morgan fingerprint density at radius 2 is 1.96 bits per heavy atom. The van der Waals surface area contributed by atoms with Gasteiger partial charge in [0.05, 0.1) is 21.1 Å². The van der Waals surface area contributed by atoms with E-state index in [1.165, 1.54) is 41.7 Å². The van der Waals surface area contributed by atoms with E-state index < -0.39 is 11.6 Å². The van der Waals surface area contributed by atoms with Crippen molar-refractivity contribution in [1.82, 2.24) is 4.98 Å². The first-order chi connectivity index (χ1) is 12.0. The van der Waals surface area contributed by atoms with Crippen molar-refractivity contribution >= 4 is 58.0 Å². The van der Waals surface area contributed by atoms with Crippen LogP contribution in [-0.2, 0) is 6.54 Å². The molecule has 1 aromatic heterocycles. The van der Waals surface area contributed by atoms with E-state index in [0.29, 0.717) is 32.0 Å². The zero-order valence-corrected chi connectivity index (χ0v) is 15.7. The number of nitrogens with zero attached hydrogens (tertiary/aromatic N) is 1. The Morgan fingerprint density at radius 1 is 1.12 bits per heavy atom. The largest absolute Gasteiger partial charge is 0.380 e. The van der Waals surface area contributed by atoms with Gasteiger partial charge in [-0.15, -0.1) is 11.3 Å². The number of nitrogens with one attached hydrogen (secondary N) is 2. The molecule has 0 spiro atoms. The normalized spacial score (nSPS) is 10.7. The van der Waals surface area contributed by atoms with Crippen molar-refractivity contribution in [2.75, 3.05) is 10.0 Å². The van der Waals surface area contributed by atoms with Crippen LogP contribution in [0.4, 0.5) is 20.3 Å². The summed E-state index contributed by atoms with van der Waals surface area (Å²) in [6.07, 6.45) is 0. The first-order valence-electron chi connectivity index (χ1n) is 7.01. The van der Waals surface area contributed by atoms with Crippen LogP contribution >= 0.6 is 46.5 Å². The molecule has 0 aliphatic rings.